The highest BCUT2D eigenvalue weighted by molar-refractivity contribution is 7.99. The van der Waals surface area contributed by atoms with Crippen LogP contribution in [0.5, 0.6) is 11.5 Å². The van der Waals surface area contributed by atoms with Gasteiger partial charge in [-0.25, -0.2) is 5.43 Å². The van der Waals surface area contributed by atoms with E-state index in [2.05, 4.69) is 20.7 Å². The Morgan fingerprint density at radius 2 is 1.74 bits per heavy atom. The summed E-state index contributed by atoms with van der Waals surface area (Å²) in [7, 11) is 3.22. The van der Waals surface area contributed by atoms with Crippen LogP contribution in [0.3, 0.4) is 0 Å². The Morgan fingerprint density at radius 3 is 2.46 bits per heavy atom. The molecule has 1 amide bonds. The molecule has 0 spiro atoms. The van der Waals surface area contributed by atoms with Gasteiger partial charge in [-0.05, 0) is 55.5 Å². The first kappa shape index (κ1) is 24.0. The van der Waals surface area contributed by atoms with Crippen molar-refractivity contribution in [3.63, 3.8) is 0 Å². The number of nitrogens with zero attached hydrogens (tertiary/aromatic N) is 4. The Kier molecular flexibility index (Phi) is 7.79. The van der Waals surface area contributed by atoms with Gasteiger partial charge in [0, 0.05) is 16.8 Å². The standard InChI is InChI=1S/C26H25N5O3S/c1-18-8-12-21(13-9-18)31-25(19-10-14-22(33-2)15-11-19)29-30-26(31)35-17-24(32)28-27-16-20-6-4-5-7-23(20)34-3/h4-16H,17H2,1-3H3,(H,28,32). The first-order valence-electron chi connectivity index (χ1n) is 10.8. The van der Waals surface area contributed by atoms with Crippen molar-refractivity contribution in [3.05, 3.63) is 83.9 Å². The molecule has 8 nitrogen and oxygen atoms in total. The van der Waals surface area contributed by atoms with E-state index in [0.717, 1.165) is 28.1 Å². The lowest BCUT2D eigenvalue weighted by molar-refractivity contribution is -0.118. The van der Waals surface area contributed by atoms with Crippen molar-refractivity contribution in [3.8, 4) is 28.6 Å². The zero-order valence-electron chi connectivity index (χ0n) is 19.6. The highest BCUT2D eigenvalue weighted by atomic mass is 32.2. The molecule has 3 aromatic carbocycles. The van der Waals surface area contributed by atoms with Gasteiger partial charge in [0.05, 0.1) is 26.2 Å². The molecule has 1 heterocycles. The van der Waals surface area contributed by atoms with Crippen LogP contribution in [0.25, 0.3) is 17.1 Å². The van der Waals surface area contributed by atoms with E-state index in [0.29, 0.717) is 16.7 Å². The van der Waals surface area contributed by atoms with Crippen LogP contribution < -0.4 is 14.9 Å². The van der Waals surface area contributed by atoms with Gasteiger partial charge in [0.15, 0.2) is 11.0 Å². The smallest absolute Gasteiger partial charge is 0.250 e. The van der Waals surface area contributed by atoms with Crippen molar-refractivity contribution < 1.29 is 14.3 Å². The summed E-state index contributed by atoms with van der Waals surface area (Å²) in [5, 5.41) is 13.4. The summed E-state index contributed by atoms with van der Waals surface area (Å²) < 4.78 is 12.5. The lowest BCUT2D eigenvalue weighted by atomic mass is 10.2. The molecule has 0 radical (unpaired) electrons. The highest BCUT2D eigenvalue weighted by Crippen LogP contribution is 2.29. The SMILES string of the molecule is COc1ccc(-c2nnc(SCC(=O)NN=Cc3ccccc3OC)n2-c2ccc(C)cc2)cc1. The second-order valence-corrected chi connectivity index (χ2v) is 8.47. The first-order valence-corrected chi connectivity index (χ1v) is 11.8. The highest BCUT2D eigenvalue weighted by Gasteiger charge is 2.17. The molecule has 0 atom stereocenters. The van der Waals surface area contributed by atoms with Crippen LogP contribution in [0.15, 0.2) is 83.1 Å². The number of ether oxygens (including phenoxy) is 2. The van der Waals surface area contributed by atoms with Gasteiger partial charge >= 0.3 is 0 Å². The normalized spacial score (nSPS) is 10.9. The Hall–Kier alpha value is -4.11. The molecule has 0 bridgehead atoms. The number of para-hydroxylation sites is 1. The number of amides is 1. The fourth-order valence-electron chi connectivity index (χ4n) is 3.33. The Morgan fingerprint density at radius 1 is 1.00 bits per heavy atom. The minimum absolute atomic E-state index is 0.121. The maximum atomic E-state index is 12.5. The molecule has 1 N–H and O–H groups in total. The van der Waals surface area contributed by atoms with Crippen molar-refractivity contribution in [2.45, 2.75) is 12.1 Å². The van der Waals surface area contributed by atoms with E-state index in [-0.39, 0.29) is 11.7 Å². The van der Waals surface area contributed by atoms with Crippen molar-refractivity contribution in [1.82, 2.24) is 20.2 Å². The van der Waals surface area contributed by atoms with E-state index in [1.54, 1.807) is 20.4 Å². The summed E-state index contributed by atoms with van der Waals surface area (Å²) >= 11 is 1.29. The van der Waals surface area contributed by atoms with Crippen LogP contribution >= 0.6 is 11.8 Å². The van der Waals surface area contributed by atoms with Gasteiger partial charge in [-0.2, -0.15) is 5.10 Å². The fourth-order valence-corrected chi connectivity index (χ4v) is 4.07. The number of aromatic nitrogens is 3. The number of thioether (sulfide) groups is 1. The average molecular weight is 488 g/mol. The minimum atomic E-state index is -0.259. The third-order valence-corrected chi connectivity index (χ3v) is 6.07. The summed E-state index contributed by atoms with van der Waals surface area (Å²) in [4.78, 5) is 12.5. The number of aryl methyl sites for hydroxylation is 1. The number of carbonyl (C=O) groups excluding carboxylic acids is 1. The summed E-state index contributed by atoms with van der Waals surface area (Å²) in [6, 6.07) is 23.1. The van der Waals surface area contributed by atoms with E-state index in [1.807, 2.05) is 84.3 Å². The van der Waals surface area contributed by atoms with E-state index in [1.165, 1.54) is 11.8 Å². The first-order chi connectivity index (χ1) is 17.1. The number of rotatable bonds is 9. The summed E-state index contributed by atoms with van der Waals surface area (Å²) in [5.74, 6) is 1.97. The van der Waals surface area contributed by atoms with Crippen molar-refractivity contribution in [1.29, 1.82) is 0 Å². The molecule has 4 aromatic rings. The maximum Gasteiger partial charge on any atom is 0.250 e. The molecule has 0 aliphatic heterocycles. The maximum absolute atomic E-state index is 12.5. The number of methoxy groups -OCH3 is 2. The predicted octanol–water partition coefficient (Wildman–Crippen LogP) is 4.50. The van der Waals surface area contributed by atoms with Crippen LogP contribution in [0.2, 0.25) is 0 Å². The summed E-state index contributed by atoms with van der Waals surface area (Å²) in [6.45, 7) is 2.03. The van der Waals surface area contributed by atoms with Gasteiger partial charge in [0.1, 0.15) is 11.5 Å². The zero-order valence-corrected chi connectivity index (χ0v) is 20.5. The molecule has 0 saturated heterocycles. The van der Waals surface area contributed by atoms with E-state index < -0.39 is 0 Å². The van der Waals surface area contributed by atoms with Crippen molar-refractivity contribution in [2.75, 3.05) is 20.0 Å². The van der Waals surface area contributed by atoms with Crippen LogP contribution in [-0.2, 0) is 4.79 Å². The Balaban J connectivity index is 1.52. The second-order valence-electron chi connectivity index (χ2n) is 7.53. The molecular weight excluding hydrogens is 462 g/mol. The molecule has 0 aliphatic rings. The van der Waals surface area contributed by atoms with E-state index in [4.69, 9.17) is 9.47 Å². The molecule has 4 rings (SSSR count). The van der Waals surface area contributed by atoms with Gasteiger partial charge in [-0.3, -0.25) is 9.36 Å². The van der Waals surface area contributed by atoms with Crippen molar-refractivity contribution >= 4 is 23.9 Å². The fraction of sp³-hybridized carbons (Fsp3) is 0.154. The predicted molar refractivity (Wildman–Crippen MR) is 138 cm³/mol. The van der Waals surface area contributed by atoms with Gasteiger partial charge < -0.3 is 9.47 Å². The van der Waals surface area contributed by atoms with Gasteiger partial charge in [-0.15, -0.1) is 10.2 Å². The topological polar surface area (TPSA) is 90.6 Å². The largest absolute Gasteiger partial charge is 0.497 e. The summed E-state index contributed by atoms with van der Waals surface area (Å²) in [6.07, 6.45) is 1.55. The second kappa shape index (κ2) is 11.3. The molecule has 178 valence electrons. The summed E-state index contributed by atoms with van der Waals surface area (Å²) in [5.41, 5.74) is 6.26. The number of hydrogen-bond donors (Lipinski definition) is 1. The minimum Gasteiger partial charge on any atom is -0.497 e. The van der Waals surface area contributed by atoms with Gasteiger partial charge in [-0.1, -0.05) is 41.6 Å². The lowest BCUT2D eigenvalue weighted by Crippen LogP contribution is -2.20. The van der Waals surface area contributed by atoms with Gasteiger partial charge in [0.2, 0.25) is 0 Å². The number of hydrazone groups is 1. The quantitative estimate of drug-likeness (QED) is 0.212. The molecule has 1 aromatic heterocycles. The monoisotopic (exact) mass is 487 g/mol. The van der Waals surface area contributed by atoms with Crippen LogP contribution in [0, 0.1) is 6.92 Å². The number of nitrogens with one attached hydrogen (secondary N) is 1. The molecule has 0 fully saturated rings. The lowest BCUT2D eigenvalue weighted by Gasteiger charge is -2.11. The Labute approximate surface area is 208 Å². The average Bonchev–Trinajstić information content (AvgIpc) is 3.32. The molecule has 0 saturated carbocycles. The number of hydrogen-bond acceptors (Lipinski definition) is 7. The van der Waals surface area contributed by atoms with E-state index in [9.17, 15) is 4.79 Å². The molecule has 0 unspecified atom stereocenters. The van der Waals surface area contributed by atoms with E-state index >= 15 is 0 Å². The molecule has 9 heteroatoms. The Bertz CT molecular complexity index is 1320. The third-order valence-electron chi connectivity index (χ3n) is 5.14. The zero-order chi connectivity index (χ0) is 24.6. The van der Waals surface area contributed by atoms with Crippen LogP contribution in [0.4, 0.5) is 0 Å². The number of benzene rings is 3. The molecule has 35 heavy (non-hydrogen) atoms. The van der Waals surface area contributed by atoms with Gasteiger partial charge in [0.25, 0.3) is 5.91 Å². The van der Waals surface area contributed by atoms with Crippen LogP contribution in [-0.4, -0.2) is 46.9 Å². The number of carbonyl (C=O) groups is 1. The van der Waals surface area contributed by atoms with Crippen LogP contribution in [0.1, 0.15) is 11.1 Å². The van der Waals surface area contributed by atoms with Crippen molar-refractivity contribution in [2.24, 2.45) is 5.10 Å². The molecule has 0 aliphatic carbocycles. The third kappa shape index (κ3) is 5.88. The molecular formula is C26H25N5O3S.